The average molecular weight is 171 g/mol. The van der Waals surface area contributed by atoms with Crippen LogP contribution in [0.1, 0.15) is 12.6 Å². The molecule has 1 aromatic rings. The molecule has 0 saturated heterocycles. The molecular weight excluding hydrogens is 162 g/mol. The number of nitrogens with zero attached hydrogens (tertiary/aromatic N) is 1. The first-order valence-electron chi connectivity index (χ1n) is 3.37. The highest BCUT2D eigenvalue weighted by Gasteiger charge is 1.99. The zero-order chi connectivity index (χ0) is 8.10. The van der Waals surface area contributed by atoms with Crippen molar-refractivity contribution in [2.24, 2.45) is 0 Å². The highest BCUT2D eigenvalue weighted by molar-refractivity contribution is 7.11. The van der Waals surface area contributed by atoms with Crippen molar-refractivity contribution in [2.45, 2.75) is 13.3 Å². The van der Waals surface area contributed by atoms with Gasteiger partial charge in [0.2, 0.25) is 0 Å². The number of hydrogen-bond donors (Lipinski definition) is 0. The lowest BCUT2D eigenvalue weighted by Crippen LogP contribution is -1.91. The minimum atomic E-state index is 0.379. The van der Waals surface area contributed by atoms with Crippen LogP contribution in [0.5, 0.6) is 5.19 Å². The summed E-state index contributed by atoms with van der Waals surface area (Å²) in [7, 11) is 0. The van der Waals surface area contributed by atoms with E-state index in [1.165, 1.54) is 11.3 Å². The number of ether oxygens (including phenoxy) is 1. The van der Waals surface area contributed by atoms with Crippen LogP contribution in [0.4, 0.5) is 0 Å². The lowest BCUT2D eigenvalue weighted by molar-refractivity contribution is -0.107. The normalized spacial score (nSPS) is 9.55. The Morgan fingerprint density at radius 3 is 3.27 bits per heavy atom. The van der Waals surface area contributed by atoms with E-state index in [2.05, 4.69) is 4.98 Å². The van der Waals surface area contributed by atoms with E-state index >= 15 is 0 Å². The highest BCUT2D eigenvalue weighted by Crippen LogP contribution is 2.17. The van der Waals surface area contributed by atoms with Crippen LogP contribution in [0.15, 0.2) is 5.38 Å². The summed E-state index contributed by atoms with van der Waals surface area (Å²) in [6.07, 6.45) is 1.22. The third-order valence-electron chi connectivity index (χ3n) is 1.09. The van der Waals surface area contributed by atoms with Crippen molar-refractivity contribution in [1.29, 1.82) is 0 Å². The fourth-order valence-corrected chi connectivity index (χ4v) is 1.40. The molecule has 0 aromatic carbocycles. The summed E-state index contributed by atoms with van der Waals surface area (Å²) < 4.78 is 5.12. The number of aromatic nitrogens is 1. The smallest absolute Gasteiger partial charge is 0.273 e. The summed E-state index contributed by atoms with van der Waals surface area (Å²) in [5, 5.41) is 2.48. The van der Waals surface area contributed by atoms with Gasteiger partial charge in [0.15, 0.2) is 0 Å². The Balaban J connectivity index is 2.57. The van der Waals surface area contributed by atoms with Crippen LogP contribution in [0.3, 0.4) is 0 Å². The fourth-order valence-electron chi connectivity index (χ4n) is 0.657. The van der Waals surface area contributed by atoms with Gasteiger partial charge < -0.3 is 9.53 Å². The van der Waals surface area contributed by atoms with Gasteiger partial charge in [-0.2, -0.15) is 0 Å². The maximum Gasteiger partial charge on any atom is 0.273 e. The van der Waals surface area contributed by atoms with Gasteiger partial charge in [-0.05, 0) is 6.92 Å². The lowest BCUT2D eigenvalue weighted by Gasteiger charge is -1.92. The number of carbonyl (C=O) groups is 1. The SMILES string of the molecule is CCOc1nc(CC=O)cs1. The van der Waals surface area contributed by atoms with Crippen LogP contribution in [0.2, 0.25) is 0 Å². The Hall–Kier alpha value is -0.900. The van der Waals surface area contributed by atoms with Crippen molar-refractivity contribution < 1.29 is 9.53 Å². The molecule has 1 rings (SSSR count). The standard InChI is InChI=1S/C7H9NO2S/c1-2-10-7-8-6(3-4-9)5-11-7/h4-5H,2-3H2,1H3. The molecule has 0 amide bonds. The van der Waals surface area contributed by atoms with Crippen LogP contribution in [-0.4, -0.2) is 17.9 Å². The third-order valence-corrected chi connectivity index (χ3v) is 1.89. The quantitative estimate of drug-likeness (QED) is 0.641. The van der Waals surface area contributed by atoms with Gasteiger partial charge in [0, 0.05) is 11.8 Å². The first-order chi connectivity index (χ1) is 5.36. The van der Waals surface area contributed by atoms with E-state index in [1.54, 1.807) is 0 Å². The Kier molecular flexibility index (Phi) is 3.04. The summed E-state index contributed by atoms with van der Waals surface area (Å²) in [5.74, 6) is 0. The molecule has 0 saturated carbocycles. The van der Waals surface area contributed by atoms with Crippen LogP contribution in [-0.2, 0) is 11.2 Å². The summed E-state index contributed by atoms with van der Waals surface area (Å²) in [4.78, 5) is 14.1. The summed E-state index contributed by atoms with van der Waals surface area (Å²) in [6, 6.07) is 0. The van der Waals surface area contributed by atoms with Crippen LogP contribution >= 0.6 is 11.3 Å². The zero-order valence-corrected chi connectivity index (χ0v) is 7.06. The highest BCUT2D eigenvalue weighted by atomic mass is 32.1. The number of carbonyl (C=O) groups excluding carboxylic acids is 1. The van der Waals surface area contributed by atoms with Crippen LogP contribution < -0.4 is 4.74 Å². The number of aldehydes is 1. The molecule has 1 heterocycles. The van der Waals surface area contributed by atoms with Crippen LogP contribution in [0, 0.1) is 0 Å². The molecule has 11 heavy (non-hydrogen) atoms. The van der Waals surface area contributed by atoms with Gasteiger partial charge in [0.05, 0.1) is 12.3 Å². The minimum Gasteiger partial charge on any atom is -0.470 e. The monoisotopic (exact) mass is 171 g/mol. The van der Waals surface area contributed by atoms with E-state index in [0.29, 0.717) is 18.2 Å². The molecule has 0 spiro atoms. The first-order valence-corrected chi connectivity index (χ1v) is 4.25. The number of rotatable bonds is 4. The molecule has 0 bridgehead atoms. The Morgan fingerprint density at radius 2 is 2.64 bits per heavy atom. The maximum absolute atomic E-state index is 10.1. The van der Waals surface area contributed by atoms with Crippen molar-refractivity contribution in [1.82, 2.24) is 4.98 Å². The van der Waals surface area contributed by atoms with Gasteiger partial charge in [0.25, 0.3) is 5.19 Å². The molecule has 0 aliphatic heterocycles. The Labute approximate surface area is 69.0 Å². The zero-order valence-electron chi connectivity index (χ0n) is 6.24. The van der Waals surface area contributed by atoms with Gasteiger partial charge in [0.1, 0.15) is 6.29 Å². The topological polar surface area (TPSA) is 39.2 Å². The van der Waals surface area contributed by atoms with Gasteiger partial charge in [-0.3, -0.25) is 0 Å². The molecule has 0 aliphatic rings. The maximum atomic E-state index is 10.1. The molecule has 60 valence electrons. The summed E-state index contributed by atoms with van der Waals surface area (Å²) in [5.41, 5.74) is 0.786. The molecule has 0 radical (unpaired) electrons. The molecule has 0 atom stereocenters. The molecule has 3 nitrogen and oxygen atoms in total. The van der Waals surface area contributed by atoms with E-state index in [-0.39, 0.29) is 0 Å². The minimum absolute atomic E-state index is 0.379. The van der Waals surface area contributed by atoms with E-state index in [4.69, 9.17) is 4.74 Å². The number of thiazole rings is 1. The predicted octanol–water partition coefficient (Wildman–Crippen LogP) is 1.28. The second-order valence-corrected chi connectivity index (χ2v) is 2.73. The van der Waals surface area contributed by atoms with Crippen molar-refractivity contribution in [3.63, 3.8) is 0 Å². The largest absolute Gasteiger partial charge is 0.470 e. The summed E-state index contributed by atoms with van der Waals surface area (Å²) in [6.45, 7) is 2.52. The second kappa shape index (κ2) is 4.08. The summed E-state index contributed by atoms with van der Waals surface area (Å²) >= 11 is 1.42. The van der Waals surface area contributed by atoms with Gasteiger partial charge in [-0.15, -0.1) is 0 Å². The van der Waals surface area contributed by atoms with E-state index in [9.17, 15) is 4.79 Å². The Bertz CT molecular complexity index is 234. The van der Waals surface area contributed by atoms with Crippen molar-refractivity contribution >= 4 is 17.6 Å². The molecule has 0 aliphatic carbocycles. The lowest BCUT2D eigenvalue weighted by atomic mass is 10.4. The van der Waals surface area contributed by atoms with Gasteiger partial charge in [-0.25, -0.2) is 4.98 Å². The number of hydrogen-bond acceptors (Lipinski definition) is 4. The molecule has 4 heteroatoms. The third kappa shape index (κ3) is 2.31. The molecule has 0 fully saturated rings. The predicted molar refractivity (Wildman–Crippen MR) is 43.1 cm³/mol. The first kappa shape index (κ1) is 8.20. The van der Waals surface area contributed by atoms with Crippen molar-refractivity contribution in [3.05, 3.63) is 11.1 Å². The Morgan fingerprint density at radius 1 is 1.82 bits per heavy atom. The van der Waals surface area contributed by atoms with Crippen LogP contribution in [0.25, 0.3) is 0 Å². The van der Waals surface area contributed by atoms with E-state index < -0.39 is 0 Å². The van der Waals surface area contributed by atoms with E-state index in [1.807, 2.05) is 12.3 Å². The molecule has 0 unspecified atom stereocenters. The fraction of sp³-hybridized carbons (Fsp3) is 0.429. The molecule has 0 N–H and O–H groups in total. The van der Waals surface area contributed by atoms with E-state index in [0.717, 1.165) is 12.0 Å². The van der Waals surface area contributed by atoms with Gasteiger partial charge >= 0.3 is 0 Å². The average Bonchev–Trinajstić information content (AvgIpc) is 2.38. The second-order valence-electron chi connectivity index (χ2n) is 1.91. The molecule has 1 aromatic heterocycles. The van der Waals surface area contributed by atoms with Gasteiger partial charge in [-0.1, -0.05) is 11.3 Å². The molecular formula is C7H9NO2S. The van der Waals surface area contributed by atoms with Crippen molar-refractivity contribution in [3.8, 4) is 5.19 Å². The van der Waals surface area contributed by atoms with Crippen molar-refractivity contribution in [2.75, 3.05) is 6.61 Å².